The third-order valence-corrected chi connectivity index (χ3v) is 4.53. The number of para-hydroxylation sites is 2. The van der Waals surface area contributed by atoms with Crippen molar-refractivity contribution in [1.29, 1.82) is 0 Å². The average Bonchev–Trinajstić information content (AvgIpc) is 3.13. The predicted molar refractivity (Wildman–Crippen MR) is 90.6 cm³/mol. The maximum absolute atomic E-state index is 12.1. The molecular formula is C17H23N5O3. The molecule has 0 radical (unpaired) electrons. The zero-order valence-corrected chi connectivity index (χ0v) is 14.6. The Kier molecular flexibility index (Phi) is 5.16. The first-order valence-electron chi connectivity index (χ1n) is 8.57. The summed E-state index contributed by atoms with van der Waals surface area (Å²) < 4.78 is 12.2. The molecule has 0 spiro atoms. The lowest BCUT2D eigenvalue weighted by Gasteiger charge is -2.36. The van der Waals surface area contributed by atoms with Gasteiger partial charge < -0.3 is 14.8 Å². The highest BCUT2D eigenvalue weighted by Crippen LogP contribution is 2.37. The number of rotatable bonds is 5. The van der Waals surface area contributed by atoms with Gasteiger partial charge in [0.25, 0.3) is 0 Å². The van der Waals surface area contributed by atoms with Crippen LogP contribution < -0.4 is 10.1 Å². The van der Waals surface area contributed by atoms with Gasteiger partial charge in [0.05, 0.1) is 13.7 Å². The Morgan fingerprint density at radius 3 is 2.76 bits per heavy atom. The molecule has 0 bridgehead atoms. The monoisotopic (exact) mass is 345 g/mol. The summed E-state index contributed by atoms with van der Waals surface area (Å²) in [5, 5.41) is 15.3. The summed E-state index contributed by atoms with van der Waals surface area (Å²) in [4.78, 5) is 12.1. The van der Waals surface area contributed by atoms with Crippen molar-refractivity contribution < 1.29 is 14.3 Å². The number of alkyl carbamates (subject to hydrolysis) is 1. The van der Waals surface area contributed by atoms with Gasteiger partial charge in [0.1, 0.15) is 17.0 Å². The molecule has 0 saturated heterocycles. The number of carbonyl (C=O) groups is 1. The Hall–Kier alpha value is -2.64. The SMILES string of the molecule is CCOC(=O)NC1(c2nnnn2-c2ccccc2OC)CCCCC1. The summed E-state index contributed by atoms with van der Waals surface area (Å²) in [5.74, 6) is 1.27. The van der Waals surface area contributed by atoms with Gasteiger partial charge in [-0.05, 0) is 42.3 Å². The molecule has 134 valence electrons. The fourth-order valence-corrected chi connectivity index (χ4v) is 3.37. The molecule has 0 atom stereocenters. The van der Waals surface area contributed by atoms with E-state index in [4.69, 9.17) is 9.47 Å². The van der Waals surface area contributed by atoms with Crippen molar-refractivity contribution in [2.75, 3.05) is 13.7 Å². The van der Waals surface area contributed by atoms with Gasteiger partial charge >= 0.3 is 6.09 Å². The van der Waals surface area contributed by atoms with Crippen molar-refractivity contribution in [1.82, 2.24) is 25.5 Å². The largest absolute Gasteiger partial charge is 0.494 e. The van der Waals surface area contributed by atoms with Crippen LogP contribution in [0.5, 0.6) is 5.75 Å². The average molecular weight is 345 g/mol. The lowest BCUT2D eigenvalue weighted by atomic mass is 9.81. The fourth-order valence-electron chi connectivity index (χ4n) is 3.37. The van der Waals surface area contributed by atoms with E-state index in [1.807, 2.05) is 24.3 Å². The number of carbonyl (C=O) groups excluding carboxylic acids is 1. The zero-order valence-electron chi connectivity index (χ0n) is 14.6. The number of nitrogens with zero attached hydrogens (tertiary/aromatic N) is 4. The second-order valence-corrected chi connectivity index (χ2v) is 6.07. The van der Waals surface area contributed by atoms with Crippen LogP contribution in [0.2, 0.25) is 0 Å². The topological polar surface area (TPSA) is 91.2 Å². The fraction of sp³-hybridized carbons (Fsp3) is 0.529. The molecule has 1 saturated carbocycles. The Balaban J connectivity index is 2.03. The Morgan fingerprint density at radius 2 is 2.04 bits per heavy atom. The summed E-state index contributed by atoms with van der Waals surface area (Å²) in [6, 6.07) is 7.53. The van der Waals surface area contributed by atoms with Gasteiger partial charge in [-0.25, -0.2) is 4.79 Å². The first-order chi connectivity index (χ1) is 12.2. The summed E-state index contributed by atoms with van der Waals surface area (Å²) in [5.41, 5.74) is 0.0927. The third kappa shape index (κ3) is 3.42. The van der Waals surface area contributed by atoms with E-state index >= 15 is 0 Å². The van der Waals surface area contributed by atoms with Crippen molar-refractivity contribution in [3.8, 4) is 11.4 Å². The first kappa shape index (κ1) is 17.2. The standard InChI is InChI=1S/C17H23N5O3/c1-3-25-16(23)18-17(11-7-4-8-12-17)15-19-20-21-22(15)13-9-5-6-10-14(13)24-2/h5-6,9-10H,3-4,7-8,11-12H2,1-2H3,(H,18,23). The molecule has 8 nitrogen and oxygen atoms in total. The highest BCUT2D eigenvalue weighted by molar-refractivity contribution is 5.68. The number of amides is 1. The Labute approximate surface area is 146 Å². The summed E-state index contributed by atoms with van der Waals surface area (Å²) in [7, 11) is 1.61. The summed E-state index contributed by atoms with van der Waals surface area (Å²) >= 11 is 0. The van der Waals surface area contributed by atoms with Crippen LogP contribution in [0, 0.1) is 0 Å². The molecule has 1 fully saturated rings. The van der Waals surface area contributed by atoms with Gasteiger partial charge in [0.2, 0.25) is 0 Å². The molecule has 2 aromatic rings. The Bertz CT molecular complexity index is 725. The summed E-state index contributed by atoms with van der Waals surface area (Å²) in [6.07, 6.45) is 4.20. The molecule has 0 aliphatic heterocycles. The third-order valence-electron chi connectivity index (χ3n) is 4.53. The quantitative estimate of drug-likeness (QED) is 0.895. The number of aromatic nitrogens is 4. The normalized spacial score (nSPS) is 16.2. The van der Waals surface area contributed by atoms with Crippen molar-refractivity contribution in [3.05, 3.63) is 30.1 Å². The van der Waals surface area contributed by atoms with E-state index in [1.54, 1.807) is 18.7 Å². The molecular weight excluding hydrogens is 322 g/mol. The number of methoxy groups -OCH3 is 1. The highest BCUT2D eigenvalue weighted by Gasteiger charge is 2.41. The van der Waals surface area contributed by atoms with E-state index < -0.39 is 11.6 Å². The lowest BCUT2D eigenvalue weighted by molar-refractivity contribution is 0.124. The molecule has 1 aliphatic rings. The maximum atomic E-state index is 12.1. The van der Waals surface area contributed by atoms with E-state index in [0.717, 1.165) is 37.8 Å². The van der Waals surface area contributed by atoms with Crippen molar-refractivity contribution in [2.24, 2.45) is 0 Å². The Morgan fingerprint density at radius 1 is 1.28 bits per heavy atom. The molecule has 0 unspecified atom stereocenters. The van der Waals surface area contributed by atoms with Gasteiger partial charge in [0, 0.05) is 0 Å². The van der Waals surface area contributed by atoms with Gasteiger partial charge in [-0.1, -0.05) is 31.4 Å². The molecule has 1 heterocycles. The van der Waals surface area contributed by atoms with E-state index in [0.29, 0.717) is 18.2 Å². The molecule has 1 amide bonds. The highest BCUT2D eigenvalue weighted by atomic mass is 16.5. The van der Waals surface area contributed by atoms with E-state index in [2.05, 4.69) is 20.8 Å². The number of hydrogen-bond acceptors (Lipinski definition) is 6. The minimum Gasteiger partial charge on any atom is -0.494 e. The lowest BCUT2D eigenvalue weighted by Crippen LogP contribution is -2.49. The molecule has 1 aromatic heterocycles. The predicted octanol–water partition coefficient (Wildman–Crippen LogP) is 2.58. The molecule has 8 heteroatoms. The van der Waals surface area contributed by atoms with Crippen LogP contribution in [0.3, 0.4) is 0 Å². The minimum absolute atomic E-state index is 0.319. The maximum Gasteiger partial charge on any atom is 0.407 e. The molecule has 1 aromatic carbocycles. The van der Waals surface area contributed by atoms with Crippen molar-refractivity contribution in [2.45, 2.75) is 44.6 Å². The van der Waals surface area contributed by atoms with Crippen LogP contribution in [0.15, 0.2) is 24.3 Å². The molecule has 1 aliphatic carbocycles. The number of benzene rings is 1. The van der Waals surface area contributed by atoms with Crippen LogP contribution in [-0.4, -0.2) is 40.0 Å². The van der Waals surface area contributed by atoms with Crippen LogP contribution in [0.25, 0.3) is 5.69 Å². The van der Waals surface area contributed by atoms with E-state index in [9.17, 15) is 4.79 Å². The number of hydrogen-bond donors (Lipinski definition) is 1. The van der Waals surface area contributed by atoms with Gasteiger partial charge in [0.15, 0.2) is 5.82 Å². The smallest absolute Gasteiger partial charge is 0.407 e. The van der Waals surface area contributed by atoms with Gasteiger partial charge in [-0.2, -0.15) is 4.68 Å². The van der Waals surface area contributed by atoms with E-state index in [-0.39, 0.29) is 0 Å². The van der Waals surface area contributed by atoms with Crippen LogP contribution in [-0.2, 0) is 10.3 Å². The second-order valence-electron chi connectivity index (χ2n) is 6.07. The van der Waals surface area contributed by atoms with Crippen LogP contribution >= 0.6 is 0 Å². The number of nitrogens with one attached hydrogen (secondary N) is 1. The van der Waals surface area contributed by atoms with Crippen LogP contribution in [0.1, 0.15) is 44.9 Å². The van der Waals surface area contributed by atoms with Gasteiger partial charge in [-0.15, -0.1) is 5.10 Å². The molecule has 1 N–H and O–H groups in total. The number of ether oxygens (including phenoxy) is 2. The zero-order chi connectivity index (χ0) is 17.7. The summed E-state index contributed by atoms with van der Waals surface area (Å²) in [6.45, 7) is 2.10. The van der Waals surface area contributed by atoms with Gasteiger partial charge in [-0.3, -0.25) is 0 Å². The molecule has 3 rings (SSSR count). The molecule has 25 heavy (non-hydrogen) atoms. The second kappa shape index (κ2) is 7.50. The minimum atomic E-state index is -0.644. The first-order valence-corrected chi connectivity index (χ1v) is 8.57. The van der Waals surface area contributed by atoms with Crippen LogP contribution in [0.4, 0.5) is 4.79 Å². The van der Waals surface area contributed by atoms with E-state index in [1.165, 1.54) is 0 Å². The van der Waals surface area contributed by atoms with Crippen molar-refractivity contribution >= 4 is 6.09 Å². The number of tetrazole rings is 1. The van der Waals surface area contributed by atoms with Crippen molar-refractivity contribution in [3.63, 3.8) is 0 Å².